The summed E-state index contributed by atoms with van der Waals surface area (Å²) in [5.41, 5.74) is 2.71. The summed E-state index contributed by atoms with van der Waals surface area (Å²) in [4.78, 5) is 26.6. The average Bonchev–Trinajstić information content (AvgIpc) is 2.75. The predicted octanol–water partition coefficient (Wildman–Crippen LogP) is 1.94. The molecule has 5 nitrogen and oxygen atoms in total. The minimum Gasteiger partial charge on any atom is -0.465 e. The number of carbonyl (C=O) groups excluding carboxylic acids is 1. The van der Waals surface area contributed by atoms with Crippen molar-refractivity contribution >= 4 is 23.3 Å². The fraction of sp³-hybridized carbons (Fsp3) is 0.231. The first-order valence-electron chi connectivity index (χ1n) is 5.76. The van der Waals surface area contributed by atoms with Crippen LogP contribution in [0, 0.1) is 0 Å². The lowest BCUT2D eigenvalue weighted by molar-refractivity contribution is -0.112. The molecule has 0 radical (unpaired) electrons. The first-order valence-corrected chi connectivity index (χ1v) is 5.76. The Morgan fingerprint density at radius 1 is 1.44 bits per heavy atom. The van der Waals surface area contributed by atoms with Gasteiger partial charge < -0.3 is 14.9 Å². The zero-order valence-electron chi connectivity index (χ0n) is 9.59. The highest BCUT2D eigenvalue weighted by Crippen LogP contribution is 2.33. The smallest absolute Gasteiger partial charge is 0.408 e. The van der Waals surface area contributed by atoms with Gasteiger partial charge in [0.15, 0.2) is 0 Å². The molecule has 1 aliphatic heterocycles. The van der Waals surface area contributed by atoms with E-state index in [-0.39, 0.29) is 0 Å². The van der Waals surface area contributed by atoms with Crippen molar-refractivity contribution in [1.82, 2.24) is 9.88 Å². The maximum absolute atomic E-state index is 11.2. The normalized spacial score (nSPS) is 18.7. The Hall–Kier alpha value is -2.30. The lowest BCUT2D eigenvalue weighted by Crippen LogP contribution is -2.39. The summed E-state index contributed by atoms with van der Waals surface area (Å²) in [7, 11) is 0. The van der Waals surface area contributed by atoms with Gasteiger partial charge >= 0.3 is 6.09 Å². The maximum Gasteiger partial charge on any atom is 0.408 e. The molecule has 0 saturated heterocycles. The van der Waals surface area contributed by atoms with Gasteiger partial charge in [0.1, 0.15) is 12.3 Å². The van der Waals surface area contributed by atoms with Crippen LogP contribution < -0.4 is 0 Å². The van der Waals surface area contributed by atoms with Crippen LogP contribution in [0.3, 0.4) is 0 Å². The van der Waals surface area contributed by atoms with Crippen LogP contribution >= 0.6 is 0 Å². The third-order valence-corrected chi connectivity index (χ3v) is 3.46. The summed E-state index contributed by atoms with van der Waals surface area (Å²) in [5, 5.41) is 10.2. The molecule has 1 atom stereocenters. The van der Waals surface area contributed by atoms with Crippen LogP contribution in [0.25, 0.3) is 10.9 Å². The third kappa shape index (κ3) is 1.40. The van der Waals surface area contributed by atoms with Gasteiger partial charge in [-0.3, -0.25) is 4.90 Å². The quantitative estimate of drug-likeness (QED) is 0.753. The van der Waals surface area contributed by atoms with E-state index in [0.29, 0.717) is 24.9 Å². The third-order valence-electron chi connectivity index (χ3n) is 3.46. The van der Waals surface area contributed by atoms with E-state index in [1.165, 1.54) is 4.90 Å². The number of rotatable bonds is 1. The number of amides is 1. The van der Waals surface area contributed by atoms with Gasteiger partial charge in [0, 0.05) is 23.1 Å². The second kappa shape index (κ2) is 3.87. The van der Waals surface area contributed by atoms with Crippen molar-refractivity contribution in [2.45, 2.75) is 12.5 Å². The molecule has 2 aromatic rings. The number of benzene rings is 1. The fourth-order valence-corrected chi connectivity index (χ4v) is 2.63. The molecule has 2 heterocycles. The van der Waals surface area contributed by atoms with Crippen molar-refractivity contribution in [2.24, 2.45) is 0 Å². The number of aromatic amines is 1. The highest BCUT2D eigenvalue weighted by Gasteiger charge is 2.32. The van der Waals surface area contributed by atoms with E-state index in [1.54, 1.807) is 0 Å². The second-order valence-corrected chi connectivity index (χ2v) is 4.37. The molecule has 2 N–H and O–H groups in total. The topological polar surface area (TPSA) is 73.4 Å². The van der Waals surface area contributed by atoms with Crippen LogP contribution in [-0.4, -0.2) is 33.9 Å². The van der Waals surface area contributed by atoms with E-state index in [0.717, 1.165) is 16.5 Å². The van der Waals surface area contributed by atoms with Gasteiger partial charge in [0.2, 0.25) is 0 Å². The van der Waals surface area contributed by atoms with Gasteiger partial charge in [-0.15, -0.1) is 0 Å². The number of nitrogens with zero attached hydrogens (tertiary/aromatic N) is 1. The van der Waals surface area contributed by atoms with Gasteiger partial charge in [0.05, 0.1) is 0 Å². The van der Waals surface area contributed by atoms with Crippen LogP contribution in [0.5, 0.6) is 0 Å². The number of aldehydes is 1. The molecule has 5 heteroatoms. The molecule has 3 rings (SSSR count). The molecule has 0 fully saturated rings. The van der Waals surface area contributed by atoms with E-state index in [2.05, 4.69) is 4.98 Å². The minimum atomic E-state index is -1.06. The SMILES string of the molecule is O=CC1c2[nH]c3ccccc3c2CCN1C(=O)O. The van der Waals surface area contributed by atoms with Crippen molar-refractivity contribution in [3.8, 4) is 0 Å². The lowest BCUT2D eigenvalue weighted by atomic mass is 9.98. The number of para-hydroxylation sites is 1. The summed E-state index contributed by atoms with van der Waals surface area (Å²) in [6.45, 7) is 0.355. The van der Waals surface area contributed by atoms with Crippen LogP contribution in [0.1, 0.15) is 17.3 Å². The number of carbonyl (C=O) groups is 2. The number of fused-ring (bicyclic) bond motifs is 3. The molecule has 0 aliphatic carbocycles. The Labute approximate surface area is 103 Å². The van der Waals surface area contributed by atoms with E-state index >= 15 is 0 Å². The van der Waals surface area contributed by atoms with Crippen molar-refractivity contribution in [3.05, 3.63) is 35.5 Å². The summed E-state index contributed by atoms with van der Waals surface area (Å²) < 4.78 is 0. The Bertz CT molecular complexity index is 632. The van der Waals surface area contributed by atoms with Gasteiger partial charge in [-0.2, -0.15) is 0 Å². The summed E-state index contributed by atoms with van der Waals surface area (Å²) >= 11 is 0. The van der Waals surface area contributed by atoms with E-state index in [1.807, 2.05) is 24.3 Å². The Kier molecular flexibility index (Phi) is 2.33. The molecule has 18 heavy (non-hydrogen) atoms. The fourth-order valence-electron chi connectivity index (χ4n) is 2.63. The molecule has 0 bridgehead atoms. The molecule has 1 unspecified atom stereocenters. The molecule has 0 spiro atoms. The number of H-pyrrole nitrogens is 1. The Balaban J connectivity index is 2.19. The van der Waals surface area contributed by atoms with E-state index in [4.69, 9.17) is 5.11 Å². The minimum absolute atomic E-state index is 0.355. The number of hydrogen-bond acceptors (Lipinski definition) is 2. The van der Waals surface area contributed by atoms with Crippen molar-refractivity contribution < 1.29 is 14.7 Å². The summed E-state index contributed by atoms with van der Waals surface area (Å²) in [6.07, 6.45) is 0.258. The van der Waals surface area contributed by atoms with Crippen LogP contribution in [0.2, 0.25) is 0 Å². The molecule has 1 aromatic carbocycles. The zero-order chi connectivity index (χ0) is 12.7. The van der Waals surface area contributed by atoms with Gasteiger partial charge in [-0.05, 0) is 18.1 Å². The first-order chi connectivity index (χ1) is 8.72. The second-order valence-electron chi connectivity index (χ2n) is 4.37. The van der Waals surface area contributed by atoms with Crippen molar-refractivity contribution in [3.63, 3.8) is 0 Å². The molecular weight excluding hydrogens is 232 g/mol. The first kappa shape index (κ1) is 10.8. The van der Waals surface area contributed by atoms with Crippen molar-refractivity contribution in [1.29, 1.82) is 0 Å². The monoisotopic (exact) mass is 244 g/mol. The van der Waals surface area contributed by atoms with E-state index in [9.17, 15) is 9.59 Å². The summed E-state index contributed by atoms with van der Waals surface area (Å²) in [6, 6.07) is 7.05. The number of hydrogen-bond donors (Lipinski definition) is 2. The standard InChI is InChI=1S/C13H12N2O3/c16-7-11-12-9(5-6-15(11)13(17)18)8-3-1-2-4-10(8)14-12/h1-4,7,11,14H,5-6H2,(H,17,18). The molecule has 1 amide bonds. The molecule has 0 saturated carbocycles. The van der Waals surface area contributed by atoms with Crippen LogP contribution in [0.4, 0.5) is 4.79 Å². The number of aromatic nitrogens is 1. The van der Waals surface area contributed by atoms with Crippen LogP contribution in [0.15, 0.2) is 24.3 Å². The maximum atomic E-state index is 11.2. The molecule has 92 valence electrons. The summed E-state index contributed by atoms with van der Waals surface area (Å²) in [5.74, 6) is 0. The molecule has 1 aliphatic rings. The molecular formula is C13H12N2O3. The largest absolute Gasteiger partial charge is 0.465 e. The van der Waals surface area contributed by atoms with E-state index < -0.39 is 12.1 Å². The zero-order valence-corrected chi connectivity index (χ0v) is 9.59. The van der Waals surface area contributed by atoms with Gasteiger partial charge in [0.25, 0.3) is 0 Å². The van der Waals surface area contributed by atoms with Gasteiger partial charge in [-0.25, -0.2) is 4.79 Å². The number of carboxylic acid groups (broad SMARTS) is 1. The highest BCUT2D eigenvalue weighted by atomic mass is 16.4. The predicted molar refractivity (Wildman–Crippen MR) is 65.5 cm³/mol. The van der Waals surface area contributed by atoms with Gasteiger partial charge in [-0.1, -0.05) is 18.2 Å². The van der Waals surface area contributed by atoms with Crippen LogP contribution in [-0.2, 0) is 11.2 Å². The average molecular weight is 244 g/mol. The Morgan fingerprint density at radius 2 is 2.22 bits per heavy atom. The number of nitrogens with one attached hydrogen (secondary N) is 1. The van der Waals surface area contributed by atoms with Crippen molar-refractivity contribution in [2.75, 3.05) is 6.54 Å². The lowest BCUT2D eigenvalue weighted by Gasteiger charge is -2.29. The highest BCUT2D eigenvalue weighted by molar-refractivity contribution is 5.87. The Morgan fingerprint density at radius 3 is 2.94 bits per heavy atom. The molecule has 1 aromatic heterocycles.